The number of sulfonamides is 1. The van der Waals surface area contributed by atoms with Crippen molar-refractivity contribution in [2.45, 2.75) is 6.04 Å². The third kappa shape index (κ3) is 4.43. The average molecular weight is 392 g/mol. The van der Waals surface area contributed by atoms with Gasteiger partial charge in [-0.2, -0.15) is 0 Å². The van der Waals surface area contributed by atoms with Crippen LogP contribution in [0.15, 0.2) is 54.6 Å². The Hall–Kier alpha value is -2.09. The number of halogens is 2. The van der Waals surface area contributed by atoms with Gasteiger partial charge in [0.2, 0.25) is 10.0 Å². The van der Waals surface area contributed by atoms with Crippen LogP contribution in [0.2, 0.25) is 0 Å². The normalized spacial score (nSPS) is 18.1. The summed E-state index contributed by atoms with van der Waals surface area (Å²) in [5.41, 5.74) is 1.85. The maximum atomic E-state index is 14.2. The highest BCUT2D eigenvalue weighted by Gasteiger charge is 2.29. The summed E-state index contributed by atoms with van der Waals surface area (Å²) in [6.45, 7) is 0.639. The Labute approximate surface area is 158 Å². The molecule has 0 fully saturated rings. The summed E-state index contributed by atoms with van der Waals surface area (Å²) in [6.07, 6.45) is 1.88. The van der Waals surface area contributed by atoms with Gasteiger partial charge in [0.25, 0.3) is 0 Å². The first-order valence-corrected chi connectivity index (χ1v) is 10.2. The molecule has 0 bridgehead atoms. The quantitative estimate of drug-likeness (QED) is 0.757. The molecule has 0 saturated heterocycles. The highest BCUT2D eigenvalue weighted by molar-refractivity contribution is 7.89. The van der Waals surface area contributed by atoms with Crippen LogP contribution in [0, 0.1) is 11.6 Å². The summed E-state index contributed by atoms with van der Waals surface area (Å²) in [5.74, 6) is -1.04. The molecule has 1 heterocycles. The lowest BCUT2D eigenvalue weighted by Crippen LogP contribution is -2.34. The topological polar surface area (TPSA) is 40.6 Å². The van der Waals surface area contributed by atoms with E-state index in [1.807, 2.05) is 41.3 Å². The van der Waals surface area contributed by atoms with Crippen LogP contribution in [-0.2, 0) is 10.0 Å². The third-order valence-corrected chi connectivity index (χ3v) is 6.55. The first-order valence-electron chi connectivity index (χ1n) is 8.63. The van der Waals surface area contributed by atoms with Crippen LogP contribution in [0.3, 0.4) is 0 Å². The van der Waals surface area contributed by atoms with E-state index >= 15 is 0 Å². The highest BCUT2D eigenvalue weighted by Crippen LogP contribution is 2.35. The molecule has 0 aliphatic carbocycles. The van der Waals surface area contributed by atoms with Crippen LogP contribution < -0.4 is 0 Å². The SMILES string of the molecule is CN(C)S(=O)(=O)CCN1CC(c2cc(F)ccc2F)=C[C@H]1c1ccccc1. The molecule has 1 aliphatic rings. The van der Waals surface area contributed by atoms with Crippen LogP contribution in [0.5, 0.6) is 0 Å². The minimum absolute atomic E-state index is 0.0455. The van der Waals surface area contributed by atoms with Crippen LogP contribution >= 0.6 is 0 Å². The van der Waals surface area contributed by atoms with Gasteiger partial charge in [-0.25, -0.2) is 21.5 Å². The molecule has 27 heavy (non-hydrogen) atoms. The molecule has 2 aromatic carbocycles. The smallest absolute Gasteiger partial charge is 0.214 e. The summed E-state index contributed by atoms with van der Waals surface area (Å²) < 4.78 is 53.4. The van der Waals surface area contributed by atoms with Crippen molar-refractivity contribution in [2.75, 3.05) is 32.9 Å². The molecule has 0 N–H and O–H groups in total. The highest BCUT2D eigenvalue weighted by atomic mass is 32.2. The van der Waals surface area contributed by atoms with Crippen molar-refractivity contribution in [3.63, 3.8) is 0 Å². The van der Waals surface area contributed by atoms with Gasteiger partial charge in [-0.3, -0.25) is 4.90 Å². The molecule has 0 spiro atoms. The summed E-state index contributed by atoms with van der Waals surface area (Å²) >= 11 is 0. The minimum atomic E-state index is -3.35. The molecule has 7 heteroatoms. The maximum Gasteiger partial charge on any atom is 0.214 e. The van der Waals surface area contributed by atoms with Crippen molar-refractivity contribution in [2.24, 2.45) is 0 Å². The van der Waals surface area contributed by atoms with Gasteiger partial charge in [-0.1, -0.05) is 36.4 Å². The fourth-order valence-electron chi connectivity index (χ4n) is 3.17. The van der Waals surface area contributed by atoms with E-state index in [-0.39, 0.29) is 23.9 Å². The summed E-state index contributed by atoms with van der Waals surface area (Å²) in [7, 11) is -0.354. The van der Waals surface area contributed by atoms with Crippen molar-refractivity contribution in [1.29, 1.82) is 0 Å². The van der Waals surface area contributed by atoms with Crippen LogP contribution in [0.25, 0.3) is 5.57 Å². The zero-order chi connectivity index (χ0) is 19.6. The lowest BCUT2D eigenvalue weighted by molar-refractivity contribution is 0.292. The molecule has 0 amide bonds. The summed E-state index contributed by atoms with van der Waals surface area (Å²) in [6, 6.07) is 12.8. The zero-order valence-electron chi connectivity index (χ0n) is 15.3. The molecule has 1 atom stereocenters. The molecular weight excluding hydrogens is 370 g/mol. The van der Waals surface area contributed by atoms with E-state index in [1.54, 1.807) is 0 Å². The van der Waals surface area contributed by atoms with E-state index in [0.717, 1.165) is 17.7 Å². The number of rotatable bonds is 6. The van der Waals surface area contributed by atoms with Gasteiger partial charge in [-0.15, -0.1) is 0 Å². The van der Waals surface area contributed by atoms with Gasteiger partial charge in [0, 0.05) is 32.7 Å². The van der Waals surface area contributed by atoms with Gasteiger partial charge < -0.3 is 0 Å². The van der Waals surface area contributed by atoms with Gasteiger partial charge >= 0.3 is 0 Å². The second-order valence-electron chi connectivity index (χ2n) is 6.74. The summed E-state index contributed by atoms with van der Waals surface area (Å²) in [4.78, 5) is 1.97. The molecule has 3 rings (SSSR count). The largest absolute Gasteiger partial charge is 0.288 e. The first kappa shape index (κ1) is 19.7. The average Bonchev–Trinajstić information content (AvgIpc) is 3.07. The molecule has 0 saturated carbocycles. The molecule has 144 valence electrons. The Kier molecular flexibility index (Phi) is 5.74. The Bertz CT molecular complexity index is 944. The summed E-state index contributed by atoms with van der Waals surface area (Å²) in [5, 5.41) is 0. The van der Waals surface area contributed by atoms with E-state index in [2.05, 4.69) is 0 Å². The van der Waals surface area contributed by atoms with E-state index < -0.39 is 21.7 Å². The molecule has 1 aliphatic heterocycles. The zero-order valence-corrected chi connectivity index (χ0v) is 16.1. The van der Waals surface area contributed by atoms with E-state index in [0.29, 0.717) is 12.1 Å². The van der Waals surface area contributed by atoms with Gasteiger partial charge in [0.05, 0.1) is 11.8 Å². The van der Waals surface area contributed by atoms with Gasteiger partial charge in [-0.05, 0) is 29.3 Å². The molecule has 2 aromatic rings. The predicted octanol–water partition coefficient (Wildman–Crippen LogP) is 3.30. The van der Waals surface area contributed by atoms with E-state index in [9.17, 15) is 17.2 Å². The standard InChI is InChI=1S/C20H22F2N2O2S/c1-23(2)27(25,26)11-10-24-14-16(18-13-17(21)8-9-19(18)22)12-20(24)15-6-4-3-5-7-15/h3-9,12-13,20H,10-11,14H2,1-2H3/t20-/m0/s1. The minimum Gasteiger partial charge on any atom is -0.288 e. The van der Waals surface area contributed by atoms with E-state index in [4.69, 9.17) is 0 Å². The Morgan fingerprint density at radius 3 is 2.48 bits per heavy atom. The van der Waals surface area contributed by atoms with Crippen molar-refractivity contribution >= 4 is 15.6 Å². The van der Waals surface area contributed by atoms with Crippen LogP contribution in [0.1, 0.15) is 17.2 Å². The second-order valence-corrected chi connectivity index (χ2v) is 9.04. The van der Waals surface area contributed by atoms with Crippen molar-refractivity contribution in [3.05, 3.63) is 77.4 Å². The van der Waals surface area contributed by atoms with Gasteiger partial charge in [0.15, 0.2) is 0 Å². The molecule has 0 aromatic heterocycles. The lowest BCUT2D eigenvalue weighted by atomic mass is 10.0. The van der Waals surface area contributed by atoms with Crippen LogP contribution in [0.4, 0.5) is 8.78 Å². The molecule has 4 nitrogen and oxygen atoms in total. The molecular formula is C20H22F2N2O2S. The maximum absolute atomic E-state index is 14.2. The molecule has 0 radical (unpaired) electrons. The lowest BCUT2D eigenvalue weighted by Gasteiger charge is -2.25. The van der Waals surface area contributed by atoms with Gasteiger partial charge in [0.1, 0.15) is 11.6 Å². The monoisotopic (exact) mass is 392 g/mol. The fraction of sp³-hybridized carbons (Fsp3) is 0.300. The van der Waals surface area contributed by atoms with Crippen molar-refractivity contribution in [3.8, 4) is 0 Å². The predicted molar refractivity (Wildman–Crippen MR) is 103 cm³/mol. The Morgan fingerprint density at radius 1 is 1.11 bits per heavy atom. The third-order valence-electron chi connectivity index (χ3n) is 4.73. The first-order chi connectivity index (χ1) is 12.8. The van der Waals surface area contributed by atoms with Crippen LogP contribution in [-0.4, -0.2) is 50.6 Å². The van der Waals surface area contributed by atoms with Crippen molar-refractivity contribution in [1.82, 2.24) is 9.21 Å². The number of hydrogen-bond donors (Lipinski definition) is 0. The Morgan fingerprint density at radius 2 is 1.81 bits per heavy atom. The number of benzene rings is 2. The molecule has 0 unspecified atom stereocenters. The fourth-order valence-corrected chi connectivity index (χ4v) is 4.01. The van der Waals surface area contributed by atoms with Crippen molar-refractivity contribution < 1.29 is 17.2 Å². The Balaban J connectivity index is 1.91. The van der Waals surface area contributed by atoms with E-state index in [1.165, 1.54) is 24.5 Å². The number of nitrogens with zero attached hydrogens (tertiary/aromatic N) is 2. The second kappa shape index (κ2) is 7.88. The number of hydrogen-bond acceptors (Lipinski definition) is 3.